The number of Topliss-reactive ketones (excluding diaryl/α,β-unsaturated/α-hetero) is 1. The molecule has 2 aliphatic carbocycles. The minimum atomic E-state index is 0.245. The highest BCUT2D eigenvalue weighted by molar-refractivity contribution is 6.05. The topological polar surface area (TPSA) is 17.1 Å². The van der Waals surface area contributed by atoms with E-state index in [0.29, 0.717) is 5.78 Å². The first-order valence-corrected chi connectivity index (χ1v) is 4.92. The summed E-state index contributed by atoms with van der Waals surface area (Å²) in [5.41, 5.74) is 1.17. The smallest absolute Gasteiger partial charge is 0.162 e. The molecule has 2 fully saturated rings. The Morgan fingerprint density at radius 3 is 2.42 bits per heavy atom. The zero-order valence-electron chi connectivity index (χ0n) is 7.73. The van der Waals surface area contributed by atoms with Crippen molar-refractivity contribution in [3.8, 4) is 0 Å². The first-order chi connectivity index (χ1) is 5.68. The molecule has 0 aromatic carbocycles. The van der Waals surface area contributed by atoms with Crippen LogP contribution in [0, 0.1) is 11.3 Å². The minimum Gasteiger partial charge on any atom is -0.294 e. The van der Waals surface area contributed by atoms with Gasteiger partial charge >= 0.3 is 0 Å². The molecule has 2 rings (SSSR count). The minimum absolute atomic E-state index is 0.245. The quantitative estimate of drug-likeness (QED) is 0.503. The summed E-state index contributed by atoms with van der Waals surface area (Å²) in [5.74, 6) is 0.585. The largest absolute Gasteiger partial charge is 0.294 e. The van der Waals surface area contributed by atoms with Gasteiger partial charge in [-0.2, -0.15) is 0 Å². The lowest BCUT2D eigenvalue weighted by Crippen LogP contribution is -2.50. The highest BCUT2D eigenvalue weighted by Gasteiger charge is 2.53. The molecule has 0 aromatic heterocycles. The van der Waals surface area contributed by atoms with Crippen molar-refractivity contribution in [3.63, 3.8) is 0 Å². The van der Waals surface area contributed by atoms with Gasteiger partial charge in [0.1, 0.15) is 0 Å². The number of carbonyl (C=O) groups excluding carboxylic acids is 1. The van der Waals surface area contributed by atoms with Gasteiger partial charge < -0.3 is 0 Å². The number of carbonyl (C=O) groups is 1. The number of hydrogen-bond acceptors (Lipinski definition) is 1. The van der Waals surface area contributed by atoms with Gasteiger partial charge in [-0.1, -0.05) is 32.8 Å². The number of allylic oxidation sites excluding steroid dienone is 1. The van der Waals surface area contributed by atoms with Crippen molar-refractivity contribution in [1.29, 1.82) is 0 Å². The van der Waals surface area contributed by atoms with Crippen LogP contribution in [0.1, 0.15) is 39.0 Å². The fraction of sp³-hybridized carbons (Fsp3) is 0.727. The average molecular weight is 164 g/mol. The molecule has 12 heavy (non-hydrogen) atoms. The fourth-order valence-electron chi connectivity index (χ4n) is 2.86. The summed E-state index contributed by atoms with van der Waals surface area (Å²) in [7, 11) is 0. The molecule has 0 bridgehead atoms. The van der Waals surface area contributed by atoms with Crippen molar-refractivity contribution in [1.82, 2.24) is 0 Å². The Morgan fingerprint density at radius 2 is 1.92 bits per heavy atom. The van der Waals surface area contributed by atoms with Gasteiger partial charge in [-0.05, 0) is 18.4 Å². The van der Waals surface area contributed by atoms with Crippen LogP contribution in [0.4, 0.5) is 0 Å². The van der Waals surface area contributed by atoms with E-state index in [1.807, 2.05) is 0 Å². The van der Waals surface area contributed by atoms with Crippen LogP contribution in [0.25, 0.3) is 0 Å². The van der Waals surface area contributed by atoms with E-state index in [9.17, 15) is 4.79 Å². The molecule has 1 spiro atoms. The van der Waals surface area contributed by atoms with Gasteiger partial charge in [0, 0.05) is 11.3 Å². The zero-order valence-corrected chi connectivity index (χ0v) is 7.73. The molecule has 1 unspecified atom stereocenters. The highest BCUT2D eigenvalue weighted by atomic mass is 16.1. The molecule has 0 radical (unpaired) electrons. The van der Waals surface area contributed by atoms with Crippen molar-refractivity contribution in [2.75, 3.05) is 0 Å². The molecule has 0 aliphatic heterocycles. The van der Waals surface area contributed by atoms with Gasteiger partial charge in [0.05, 0.1) is 0 Å². The van der Waals surface area contributed by atoms with E-state index >= 15 is 0 Å². The van der Waals surface area contributed by atoms with Crippen molar-refractivity contribution in [3.05, 3.63) is 12.2 Å². The van der Waals surface area contributed by atoms with Crippen LogP contribution in [-0.2, 0) is 4.79 Å². The van der Waals surface area contributed by atoms with E-state index in [1.54, 1.807) is 0 Å². The first kappa shape index (κ1) is 8.03. The number of ketones is 1. The van der Waals surface area contributed by atoms with Crippen LogP contribution >= 0.6 is 0 Å². The molecule has 66 valence electrons. The van der Waals surface area contributed by atoms with E-state index in [2.05, 4.69) is 13.5 Å². The van der Waals surface area contributed by atoms with Gasteiger partial charge in [0.25, 0.3) is 0 Å². The molecule has 1 atom stereocenters. The van der Waals surface area contributed by atoms with Crippen molar-refractivity contribution in [2.24, 2.45) is 11.3 Å². The lowest BCUT2D eigenvalue weighted by molar-refractivity contribution is -0.132. The van der Waals surface area contributed by atoms with Gasteiger partial charge in [-0.3, -0.25) is 4.79 Å². The second-order valence-corrected chi connectivity index (χ2v) is 4.28. The van der Waals surface area contributed by atoms with Crippen LogP contribution in [0.5, 0.6) is 0 Å². The Bertz CT molecular complexity index is 233. The summed E-state index contributed by atoms with van der Waals surface area (Å²) in [6, 6.07) is 0. The predicted octanol–water partition coefficient (Wildman–Crippen LogP) is 2.71. The fourth-order valence-corrected chi connectivity index (χ4v) is 2.86. The average Bonchev–Trinajstić information content (AvgIpc) is 2.16. The van der Waals surface area contributed by atoms with Crippen molar-refractivity contribution in [2.45, 2.75) is 39.0 Å². The summed E-state index contributed by atoms with van der Waals surface area (Å²) in [6.07, 6.45) is 6.33. The summed E-state index contributed by atoms with van der Waals surface area (Å²) < 4.78 is 0. The summed E-state index contributed by atoms with van der Waals surface area (Å²) >= 11 is 0. The molecule has 0 saturated heterocycles. The summed E-state index contributed by atoms with van der Waals surface area (Å²) in [5, 5.41) is 0. The van der Waals surface area contributed by atoms with E-state index < -0.39 is 0 Å². The molecule has 1 nitrogen and oxygen atoms in total. The molecular weight excluding hydrogens is 148 g/mol. The molecule has 0 amide bonds. The lowest BCUT2D eigenvalue weighted by Gasteiger charge is -2.51. The second kappa shape index (κ2) is 2.45. The van der Waals surface area contributed by atoms with E-state index in [-0.39, 0.29) is 11.3 Å². The molecule has 2 aliphatic rings. The first-order valence-electron chi connectivity index (χ1n) is 4.92. The Morgan fingerprint density at radius 1 is 1.33 bits per heavy atom. The standard InChI is InChI=1S/C11H16O/c1-8-10(12)9(2)11(8)6-4-3-5-7-11/h9H,1,3-7H2,2H3. The normalized spacial score (nSPS) is 33.6. The van der Waals surface area contributed by atoms with Crippen molar-refractivity contribution < 1.29 is 4.79 Å². The van der Waals surface area contributed by atoms with E-state index in [0.717, 1.165) is 5.57 Å². The van der Waals surface area contributed by atoms with Gasteiger partial charge in [0.2, 0.25) is 0 Å². The molecule has 0 N–H and O–H groups in total. The summed E-state index contributed by atoms with van der Waals surface area (Å²) in [4.78, 5) is 11.3. The van der Waals surface area contributed by atoms with E-state index in [4.69, 9.17) is 0 Å². The third-order valence-corrected chi connectivity index (χ3v) is 3.87. The number of hydrogen-bond donors (Lipinski definition) is 0. The maximum Gasteiger partial charge on any atom is 0.162 e. The van der Waals surface area contributed by atoms with Crippen LogP contribution in [0.15, 0.2) is 12.2 Å². The maximum absolute atomic E-state index is 11.3. The lowest BCUT2D eigenvalue weighted by atomic mass is 9.51. The Hall–Kier alpha value is -0.590. The monoisotopic (exact) mass is 164 g/mol. The van der Waals surface area contributed by atoms with Crippen LogP contribution < -0.4 is 0 Å². The molecule has 2 saturated carbocycles. The molecule has 0 aromatic rings. The SMILES string of the molecule is C=C1C(=O)C(C)C12CCCCC2. The molecule has 1 heteroatoms. The maximum atomic E-state index is 11.3. The van der Waals surface area contributed by atoms with Gasteiger partial charge in [0.15, 0.2) is 5.78 Å². The van der Waals surface area contributed by atoms with Gasteiger partial charge in [-0.25, -0.2) is 0 Å². The Kier molecular flexibility index (Phi) is 1.64. The Labute approximate surface area is 73.8 Å². The molecule has 0 heterocycles. The zero-order chi connectivity index (χ0) is 8.77. The predicted molar refractivity (Wildman–Crippen MR) is 48.8 cm³/mol. The highest BCUT2D eigenvalue weighted by Crippen LogP contribution is 2.56. The third kappa shape index (κ3) is 0.769. The van der Waals surface area contributed by atoms with Crippen LogP contribution in [0.2, 0.25) is 0 Å². The summed E-state index contributed by atoms with van der Waals surface area (Å²) in [6.45, 7) is 5.99. The number of rotatable bonds is 0. The van der Waals surface area contributed by atoms with Crippen LogP contribution in [0.3, 0.4) is 0 Å². The van der Waals surface area contributed by atoms with Crippen LogP contribution in [-0.4, -0.2) is 5.78 Å². The van der Waals surface area contributed by atoms with Crippen molar-refractivity contribution >= 4 is 5.78 Å². The van der Waals surface area contributed by atoms with Gasteiger partial charge in [-0.15, -0.1) is 0 Å². The van der Waals surface area contributed by atoms with E-state index in [1.165, 1.54) is 32.1 Å². The molecular formula is C11H16O. The third-order valence-electron chi connectivity index (χ3n) is 3.87. The second-order valence-electron chi connectivity index (χ2n) is 4.28. The Balaban J connectivity index is 2.20.